The van der Waals surface area contributed by atoms with Crippen LogP contribution in [0.1, 0.15) is 12.5 Å². The number of hydrogen-bond donors (Lipinski definition) is 3. The van der Waals surface area contributed by atoms with Gasteiger partial charge in [-0.1, -0.05) is 12.1 Å². The Labute approximate surface area is 82.6 Å². The Kier molecular flexibility index (Phi) is 3.23. The second kappa shape index (κ2) is 4.41. The summed E-state index contributed by atoms with van der Waals surface area (Å²) in [5.74, 6) is 0.0431. The number of anilines is 1. The molecule has 1 rings (SSSR count). The van der Waals surface area contributed by atoms with Crippen molar-refractivity contribution in [2.45, 2.75) is 13.3 Å². The molecule has 0 aliphatic carbocycles. The van der Waals surface area contributed by atoms with Gasteiger partial charge in [0.1, 0.15) is 0 Å². The Morgan fingerprint density at radius 2 is 2.00 bits per heavy atom. The van der Waals surface area contributed by atoms with Crippen molar-refractivity contribution >= 4 is 17.4 Å². The van der Waals surface area contributed by atoms with Crippen LogP contribution in [0, 0.1) is 5.41 Å². The summed E-state index contributed by atoms with van der Waals surface area (Å²) in [5, 5.41) is 9.77. The monoisotopic (exact) mass is 191 g/mol. The van der Waals surface area contributed by atoms with E-state index in [4.69, 9.17) is 11.1 Å². The van der Waals surface area contributed by atoms with Crippen LogP contribution in [0.5, 0.6) is 0 Å². The van der Waals surface area contributed by atoms with E-state index in [0.717, 1.165) is 11.3 Å². The molecule has 74 valence electrons. The molecule has 4 N–H and O–H groups in total. The quantitative estimate of drug-likeness (QED) is 0.494. The second-order valence-corrected chi connectivity index (χ2v) is 3.08. The Bertz CT molecular complexity index is 308. The fourth-order valence-corrected chi connectivity index (χ4v) is 1.13. The number of nitrogens with two attached hydrogens (primary N) is 1. The van der Waals surface area contributed by atoms with E-state index in [0.29, 0.717) is 6.42 Å². The highest BCUT2D eigenvalue weighted by atomic mass is 16.1. The van der Waals surface area contributed by atoms with Gasteiger partial charge >= 0.3 is 0 Å². The minimum Gasteiger partial charge on any atom is -0.387 e. The van der Waals surface area contributed by atoms with Gasteiger partial charge in [0, 0.05) is 19.0 Å². The molecule has 0 saturated heterocycles. The van der Waals surface area contributed by atoms with Gasteiger partial charge < -0.3 is 11.1 Å². The van der Waals surface area contributed by atoms with E-state index in [1.165, 1.54) is 6.92 Å². The zero-order chi connectivity index (χ0) is 10.6. The third kappa shape index (κ3) is 3.26. The van der Waals surface area contributed by atoms with Gasteiger partial charge in [0.2, 0.25) is 5.91 Å². The van der Waals surface area contributed by atoms with Gasteiger partial charge in [0.15, 0.2) is 0 Å². The molecule has 0 heterocycles. The Morgan fingerprint density at radius 3 is 2.43 bits per heavy atom. The number of nitrogens with one attached hydrogen (secondary N) is 2. The minimum absolute atomic E-state index is 0.0932. The lowest BCUT2D eigenvalue weighted by Gasteiger charge is -2.03. The summed E-state index contributed by atoms with van der Waals surface area (Å²) in [6, 6.07) is 7.26. The Balaban J connectivity index is 2.68. The van der Waals surface area contributed by atoms with Gasteiger partial charge in [0.05, 0.1) is 5.84 Å². The van der Waals surface area contributed by atoms with Gasteiger partial charge in [-0.2, -0.15) is 0 Å². The van der Waals surface area contributed by atoms with E-state index in [1.807, 2.05) is 12.1 Å². The molecule has 0 unspecified atom stereocenters. The van der Waals surface area contributed by atoms with Gasteiger partial charge in [-0.05, 0) is 17.7 Å². The van der Waals surface area contributed by atoms with Gasteiger partial charge in [-0.15, -0.1) is 0 Å². The summed E-state index contributed by atoms with van der Waals surface area (Å²) < 4.78 is 0. The van der Waals surface area contributed by atoms with Gasteiger partial charge in [-0.3, -0.25) is 10.2 Å². The third-order valence-electron chi connectivity index (χ3n) is 1.67. The molecule has 1 aromatic carbocycles. The Morgan fingerprint density at radius 1 is 1.43 bits per heavy atom. The topological polar surface area (TPSA) is 79.0 Å². The summed E-state index contributed by atoms with van der Waals surface area (Å²) in [4.78, 5) is 10.7. The van der Waals surface area contributed by atoms with Crippen molar-refractivity contribution in [3.8, 4) is 0 Å². The minimum atomic E-state index is -0.0932. The van der Waals surface area contributed by atoms with Crippen molar-refractivity contribution < 1.29 is 4.79 Å². The molecule has 0 spiro atoms. The van der Waals surface area contributed by atoms with E-state index in [1.54, 1.807) is 12.1 Å². The van der Waals surface area contributed by atoms with Gasteiger partial charge in [-0.25, -0.2) is 0 Å². The first-order chi connectivity index (χ1) is 6.58. The van der Waals surface area contributed by atoms with Crippen molar-refractivity contribution in [3.05, 3.63) is 29.8 Å². The molecule has 0 aliphatic heterocycles. The molecule has 1 amide bonds. The zero-order valence-corrected chi connectivity index (χ0v) is 8.00. The number of benzene rings is 1. The fourth-order valence-electron chi connectivity index (χ4n) is 1.13. The van der Waals surface area contributed by atoms with Crippen LogP contribution in [0.15, 0.2) is 24.3 Å². The summed E-state index contributed by atoms with van der Waals surface area (Å²) in [7, 11) is 0. The van der Waals surface area contributed by atoms with Crippen LogP contribution < -0.4 is 11.1 Å². The fraction of sp³-hybridized carbons (Fsp3) is 0.200. The van der Waals surface area contributed by atoms with E-state index in [-0.39, 0.29) is 11.7 Å². The van der Waals surface area contributed by atoms with Crippen molar-refractivity contribution in [2.24, 2.45) is 5.73 Å². The maximum atomic E-state index is 10.7. The maximum absolute atomic E-state index is 10.7. The smallest absolute Gasteiger partial charge is 0.221 e. The van der Waals surface area contributed by atoms with Crippen molar-refractivity contribution in [3.63, 3.8) is 0 Å². The van der Waals surface area contributed by atoms with Crippen LogP contribution in [0.2, 0.25) is 0 Å². The number of rotatable bonds is 3. The van der Waals surface area contributed by atoms with Crippen LogP contribution >= 0.6 is 0 Å². The number of amides is 1. The molecule has 4 heteroatoms. The number of amidine groups is 1. The molecule has 0 radical (unpaired) electrons. The lowest BCUT2D eigenvalue weighted by atomic mass is 10.1. The van der Waals surface area contributed by atoms with Crippen LogP contribution in [0.25, 0.3) is 0 Å². The molecule has 0 saturated carbocycles. The first-order valence-electron chi connectivity index (χ1n) is 4.27. The molecule has 4 nitrogen and oxygen atoms in total. The standard InChI is InChI=1S/C10H13N3O/c1-7(14)13-9-4-2-8(3-5-9)6-10(11)12/h2-5H,6H2,1H3,(H3,11,12)(H,13,14). The predicted molar refractivity (Wildman–Crippen MR) is 56.4 cm³/mol. The largest absolute Gasteiger partial charge is 0.387 e. The number of carbonyl (C=O) groups is 1. The highest BCUT2D eigenvalue weighted by Crippen LogP contribution is 2.09. The molecular weight excluding hydrogens is 178 g/mol. The lowest BCUT2D eigenvalue weighted by Crippen LogP contribution is -2.12. The molecule has 0 fully saturated rings. The highest BCUT2D eigenvalue weighted by molar-refractivity contribution is 5.88. The molecule has 0 atom stereocenters. The molecule has 0 aromatic heterocycles. The molecule has 14 heavy (non-hydrogen) atoms. The highest BCUT2D eigenvalue weighted by Gasteiger charge is 1.97. The molecule has 0 bridgehead atoms. The average molecular weight is 191 g/mol. The van der Waals surface area contributed by atoms with Crippen LogP contribution in [0.3, 0.4) is 0 Å². The second-order valence-electron chi connectivity index (χ2n) is 3.08. The third-order valence-corrected chi connectivity index (χ3v) is 1.67. The van der Waals surface area contributed by atoms with E-state index in [2.05, 4.69) is 5.32 Å². The normalized spacial score (nSPS) is 9.50. The summed E-state index contributed by atoms with van der Waals surface area (Å²) >= 11 is 0. The first kappa shape index (κ1) is 10.2. The summed E-state index contributed by atoms with van der Waals surface area (Å²) in [6.07, 6.45) is 0.445. The SMILES string of the molecule is CC(=O)Nc1ccc(CC(=N)N)cc1. The molecule has 1 aromatic rings. The molecular formula is C10H13N3O. The van der Waals surface area contributed by atoms with Crippen LogP contribution in [-0.2, 0) is 11.2 Å². The number of carbonyl (C=O) groups excluding carboxylic acids is 1. The summed E-state index contributed by atoms with van der Waals surface area (Å²) in [6.45, 7) is 1.46. The number of hydrogen-bond acceptors (Lipinski definition) is 2. The van der Waals surface area contributed by atoms with Crippen molar-refractivity contribution in [1.82, 2.24) is 0 Å². The predicted octanol–water partition coefficient (Wildman–Crippen LogP) is 1.12. The van der Waals surface area contributed by atoms with Crippen LogP contribution in [0.4, 0.5) is 5.69 Å². The maximum Gasteiger partial charge on any atom is 0.221 e. The summed E-state index contributed by atoms with van der Waals surface area (Å²) in [5.41, 5.74) is 6.98. The van der Waals surface area contributed by atoms with Crippen LogP contribution in [-0.4, -0.2) is 11.7 Å². The Hall–Kier alpha value is -1.84. The lowest BCUT2D eigenvalue weighted by molar-refractivity contribution is -0.114. The molecule has 0 aliphatic rings. The van der Waals surface area contributed by atoms with Crippen molar-refractivity contribution in [1.29, 1.82) is 5.41 Å². The zero-order valence-electron chi connectivity index (χ0n) is 8.00. The van der Waals surface area contributed by atoms with E-state index >= 15 is 0 Å². The average Bonchev–Trinajstić information content (AvgIpc) is 2.06. The van der Waals surface area contributed by atoms with Gasteiger partial charge in [0.25, 0.3) is 0 Å². The van der Waals surface area contributed by atoms with E-state index < -0.39 is 0 Å². The van der Waals surface area contributed by atoms with E-state index in [9.17, 15) is 4.79 Å². The van der Waals surface area contributed by atoms with Crippen molar-refractivity contribution in [2.75, 3.05) is 5.32 Å². The first-order valence-corrected chi connectivity index (χ1v) is 4.27.